The van der Waals surface area contributed by atoms with E-state index < -0.39 is 0 Å². The molecule has 1 rings (SSSR count). The molecule has 1 aromatic heterocycles. The molecule has 0 aliphatic carbocycles. The molecule has 0 spiro atoms. The molecule has 0 aromatic carbocycles. The van der Waals surface area contributed by atoms with Crippen LogP contribution in [0, 0.1) is 16.7 Å². The number of nitrogens with zero attached hydrogens (tertiary/aromatic N) is 3. The number of aromatic nitrogens is 2. The van der Waals surface area contributed by atoms with Crippen LogP contribution in [0.3, 0.4) is 0 Å². The van der Waals surface area contributed by atoms with E-state index in [2.05, 4.69) is 30.1 Å². The molecule has 1 heterocycles. The SMILES string of the molecule is CCC(C)(CC#N)Cc1ncno1. The molecule has 0 aliphatic heterocycles. The van der Waals surface area contributed by atoms with Gasteiger partial charge in [0.05, 0.1) is 6.07 Å². The number of hydrogen-bond acceptors (Lipinski definition) is 4. The summed E-state index contributed by atoms with van der Waals surface area (Å²) in [5, 5.41) is 12.2. The lowest BCUT2D eigenvalue weighted by Crippen LogP contribution is -2.18. The predicted octanol–water partition coefficient (Wildman–Crippen LogP) is 1.94. The molecular weight excluding hydrogens is 166 g/mol. The molecule has 0 fully saturated rings. The average Bonchev–Trinajstić information content (AvgIpc) is 2.57. The van der Waals surface area contributed by atoms with Crippen LogP contribution in [0.25, 0.3) is 0 Å². The Morgan fingerprint density at radius 2 is 2.46 bits per heavy atom. The zero-order valence-corrected chi connectivity index (χ0v) is 7.95. The van der Waals surface area contributed by atoms with E-state index in [0.29, 0.717) is 18.7 Å². The first-order valence-electron chi connectivity index (χ1n) is 4.33. The van der Waals surface area contributed by atoms with E-state index in [0.717, 1.165) is 6.42 Å². The first-order valence-corrected chi connectivity index (χ1v) is 4.33. The summed E-state index contributed by atoms with van der Waals surface area (Å²) < 4.78 is 4.91. The highest BCUT2D eigenvalue weighted by Crippen LogP contribution is 2.28. The van der Waals surface area contributed by atoms with E-state index in [1.807, 2.05) is 0 Å². The standard InChI is InChI=1S/C9H13N3O/c1-3-9(2,4-5-10)6-8-11-7-12-13-8/h7H,3-4,6H2,1-2H3. The van der Waals surface area contributed by atoms with Crippen molar-refractivity contribution in [1.82, 2.24) is 10.1 Å². The van der Waals surface area contributed by atoms with Crippen LogP contribution in [0.4, 0.5) is 0 Å². The van der Waals surface area contributed by atoms with Crippen molar-refractivity contribution in [2.75, 3.05) is 0 Å². The Morgan fingerprint density at radius 3 is 2.92 bits per heavy atom. The number of nitriles is 1. The molecular formula is C9H13N3O. The Kier molecular flexibility index (Phi) is 3.02. The van der Waals surface area contributed by atoms with Crippen molar-refractivity contribution in [3.8, 4) is 6.07 Å². The Balaban J connectivity index is 2.64. The lowest BCUT2D eigenvalue weighted by atomic mass is 9.81. The molecule has 0 N–H and O–H groups in total. The molecule has 0 radical (unpaired) electrons. The highest BCUT2D eigenvalue weighted by Gasteiger charge is 2.24. The molecule has 0 saturated carbocycles. The monoisotopic (exact) mass is 179 g/mol. The smallest absolute Gasteiger partial charge is 0.226 e. The minimum atomic E-state index is -0.0404. The Hall–Kier alpha value is -1.37. The predicted molar refractivity (Wildman–Crippen MR) is 46.6 cm³/mol. The van der Waals surface area contributed by atoms with E-state index in [9.17, 15) is 0 Å². The Morgan fingerprint density at radius 1 is 1.69 bits per heavy atom. The number of rotatable bonds is 4. The molecule has 4 nitrogen and oxygen atoms in total. The van der Waals surface area contributed by atoms with Gasteiger partial charge in [-0.1, -0.05) is 19.0 Å². The summed E-state index contributed by atoms with van der Waals surface area (Å²) in [6.07, 6.45) is 3.52. The van der Waals surface area contributed by atoms with E-state index in [1.165, 1.54) is 6.33 Å². The van der Waals surface area contributed by atoms with Crippen LogP contribution in [0.1, 0.15) is 32.6 Å². The fraction of sp³-hybridized carbons (Fsp3) is 0.667. The summed E-state index contributed by atoms with van der Waals surface area (Å²) in [5.74, 6) is 0.611. The fourth-order valence-corrected chi connectivity index (χ4v) is 1.14. The third kappa shape index (κ3) is 2.55. The van der Waals surface area contributed by atoms with Crippen LogP contribution in [0.5, 0.6) is 0 Å². The summed E-state index contributed by atoms with van der Waals surface area (Å²) >= 11 is 0. The molecule has 0 bridgehead atoms. The highest BCUT2D eigenvalue weighted by molar-refractivity contribution is 4.91. The minimum Gasteiger partial charge on any atom is -0.340 e. The van der Waals surface area contributed by atoms with E-state index in [1.54, 1.807) is 0 Å². The minimum absolute atomic E-state index is 0.0404. The zero-order chi connectivity index (χ0) is 9.73. The van der Waals surface area contributed by atoms with Crippen molar-refractivity contribution in [2.24, 2.45) is 5.41 Å². The van der Waals surface area contributed by atoms with Gasteiger partial charge in [0.25, 0.3) is 0 Å². The van der Waals surface area contributed by atoms with Crippen molar-refractivity contribution < 1.29 is 4.52 Å². The second kappa shape index (κ2) is 4.04. The van der Waals surface area contributed by atoms with Crippen molar-refractivity contribution in [2.45, 2.75) is 33.1 Å². The lowest BCUT2D eigenvalue weighted by Gasteiger charge is -2.22. The Labute approximate surface area is 77.6 Å². The van der Waals surface area contributed by atoms with Crippen molar-refractivity contribution in [3.05, 3.63) is 12.2 Å². The van der Waals surface area contributed by atoms with Gasteiger partial charge in [-0.05, 0) is 11.8 Å². The molecule has 1 atom stereocenters. The van der Waals surface area contributed by atoms with E-state index >= 15 is 0 Å². The molecule has 1 aromatic rings. The van der Waals surface area contributed by atoms with Gasteiger partial charge in [-0.3, -0.25) is 0 Å². The molecule has 13 heavy (non-hydrogen) atoms. The van der Waals surface area contributed by atoms with Crippen LogP contribution in [-0.2, 0) is 6.42 Å². The van der Waals surface area contributed by atoms with Crippen molar-refractivity contribution >= 4 is 0 Å². The maximum Gasteiger partial charge on any atom is 0.226 e. The third-order valence-corrected chi connectivity index (χ3v) is 2.34. The average molecular weight is 179 g/mol. The normalized spacial score (nSPS) is 14.8. The maximum absolute atomic E-state index is 8.64. The quantitative estimate of drug-likeness (QED) is 0.708. The first kappa shape index (κ1) is 9.72. The molecule has 0 amide bonds. The van der Waals surface area contributed by atoms with Gasteiger partial charge in [0, 0.05) is 12.8 Å². The van der Waals surface area contributed by atoms with Crippen LogP contribution in [0.2, 0.25) is 0 Å². The molecule has 1 unspecified atom stereocenters. The summed E-state index contributed by atoms with van der Waals surface area (Å²) in [6.45, 7) is 4.12. The fourth-order valence-electron chi connectivity index (χ4n) is 1.14. The molecule has 0 saturated heterocycles. The maximum atomic E-state index is 8.64. The Bertz CT molecular complexity index is 288. The second-order valence-electron chi connectivity index (χ2n) is 3.51. The van der Waals surface area contributed by atoms with Crippen LogP contribution < -0.4 is 0 Å². The summed E-state index contributed by atoms with van der Waals surface area (Å²) in [4.78, 5) is 3.94. The third-order valence-electron chi connectivity index (χ3n) is 2.34. The van der Waals surface area contributed by atoms with Crippen molar-refractivity contribution in [1.29, 1.82) is 5.26 Å². The van der Waals surface area contributed by atoms with Crippen LogP contribution in [0.15, 0.2) is 10.9 Å². The second-order valence-corrected chi connectivity index (χ2v) is 3.51. The van der Waals surface area contributed by atoms with Gasteiger partial charge in [-0.25, -0.2) is 0 Å². The van der Waals surface area contributed by atoms with E-state index in [-0.39, 0.29) is 5.41 Å². The van der Waals surface area contributed by atoms with Gasteiger partial charge in [-0.2, -0.15) is 10.2 Å². The topological polar surface area (TPSA) is 62.7 Å². The summed E-state index contributed by atoms with van der Waals surface area (Å²) in [5.41, 5.74) is -0.0404. The van der Waals surface area contributed by atoms with Gasteiger partial charge in [-0.15, -0.1) is 0 Å². The molecule has 4 heteroatoms. The van der Waals surface area contributed by atoms with Crippen LogP contribution >= 0.6 is 0 Å². The van der Waals surface area contributed by atoms with Gasteiger partial charge >= 0.3 is 0 Å². The van der Waals surface area contributed by atoms with Gasteiger partial charge < -0.3 is 4.52 Å². The van der Waals surface area contributed by atoms with E-state index in [4.69, 9.17) is 9.78 Å². The summed E-state index contributed by atoms with van der Waals surface area (Å²) in [7, 11) is 0. The molecule has 70 valence electrons. The van der Waals surface area contributed by atoms with Gasteiger partial charge in [0.1, 0.15) is 0 Å². The largest absolute Gasteiger partial charge is 0.340 e. The van der Waals surface area contributed by atoms with Crippen molar-refractivity contribution in [3.63, 3.8) is 0 Å². The van der Waals surface area contributed by atoms with Crippen LogP contribution in [-0.4, -0.2) is 10.1 Å². The first-order chi connectivity index (χ1) is 6.20. The zero-order valence-electron chi connectivity index (χ0n) is 7.95. The highest BCUT2D eigenvalue weighted by atomic mass is 16.5. The molecule has 0 aliphatic rings. The van der Waals surface area contributed by atoms with Gasteiger partial charge in [0.15, 0.2) is 6.33 Å². The lowest BCUT2D eigenvalue weighted by molar-refractivity contribution is 0.265. The number of hydrogen-bond donors (Lipinski definition) is 0. The van der Waals surface area contributed by atoms with Gasteiger partial charge in [0.2, 0.25) is 5.89 Å². The summed E-state index contributed by atoms with van der Waals surface area (Å²) in [6, 6.07) is 2.18.